The number of halogens is 1. The second kappa shape index (κ2) is 6.78. The van der Waals surface area contributed by atoms with Crippen molar-refractivity contribution < 1.29 is 17.6 Å². The SMILES string of the molecule is CC(NC(=O)Nc1ccccc1F)c1ccc(S(C)(=O)=O)cc1. The standard InChI is InChI=1S/C16H17FN2O3S/c1-11(12-7-9-13(10-8-12)23(2,21)22)18-16(20)19-15-6-4-3-5-14(15)17/h3-11H,1-2H3,(H2,18,19,20). The molecule has 2 aromatic rings. The maximum Gasteiger partial charge on any atom is 0.319 e. The topological polar surface area (TPSA) is 75.3 Å². The van der Waals surface area contributed by atoms with Crippen LogP contribution in [0.25, 0.3) is 0 Å². The number of anilines is 1. The molecule has 0 aliphatic heterocycles. The summed E-state index contributed by atoms with van der Waals surface area (Å²) < 4.78 is 36.3. The van der Waals surface area contributed by atoms with Crippen molar-refractivity contribution in [3.8, 4) is 0 Å². The molecule has 0 heterocycles. The summed E-state index contributed by atoms with van der Waals surface area (Å²) in [6.45, 7) is 1.75. The van der Waals surface area contributed by atoms with E-state index in [0.29, 0.717) is 0 Å². The zero-order valence-corrected chi connectivity index (χ0v) is 13.5. The van der Waals surface area contributed by atoms with Crippen LogP contribution in [0.4, 0.5) is 14.9 Å². The lowest BCUT2D eigenvalue weighted by atomic mass is 10.1. The van der Waals surface area contributed by atoms with Gasteiger partial charge in [-0.3, -0.25) is 0 Å². The number of carbonyl (C=O) groups excluding carboxylic acids is 1. The molecule has 0 aliphatic rings. The fourth-order valence-corrected chi connectivity index (χ4v) is 2.64. The Labute approximate surface area is 134 Å². The number of urea groups is 1. The Kier molecular flexibility index (Phi) is 5.00. The minimum Gasteiger partial charge on any atom is -0.331 e. The number of rotatable bonds is 4. The highest BCUT2D eigenvalue weighted by atomic mass is 32.2. The third-order valence-corrected chi connectivity index (χ3v) is 4.41. The van der Waals surface area contributed by atoms with Crippen molar-refractivity contribution >= 4 is 21.6 Å². The first-order valence-electron chi connectivity index (χ1n) is 6.89. The molecular weight excluding hydrogens is 319 g/mol. The fraction of sp³-hybridized carbons (Fsp3) is 0.188. The lowest BCUT2D eigenvalue weighted by molar-refractivity contribution is 0.249. The number of hydrogen-bond donors (Lipinski definition) is 2. The molecule has 122 valence electrons. The molecule has 1 unspecified atom stereocenters. The molecule has 0 saturated heterocycles. The van der Waals surface area contributed by atoms with Gasteiger partial charge in [0.25, 0.3) is 0 Å². The first kappa shape index (κ1) is 17.0. The zero-order valence-electron chi connectivity index (χ0n) is 12.7. The third kappa shape index (κ3) is 4.53. The zero-order chi connectivity index (χ0) is 17.0. The van der Waals surface area contributed by atoms with E-state index in [1.807, 2.05) is 0 Å². The van der Waals surface area contributed by atoms with Crippen LogP contribution < -0.4 is 10.6 Å². The average molecular weight is 336 g/mol. The normalized spacial score (nSPS) is 12.5. The van der Waals surface area contributed by atoms with Gasteiger partial charge in [-0.25, -0.2) is 17.6 Å². The van der Waals surface area contributed by atoms with Gasteiger partial charge in [-0.2, -0.15) is 0 Å². The molecular formula is C16H17FN2O3S. The van der Waals surface area contributed by atoms with Crippen molar-refractivity contribution in [1.29, 1.82) is 0 Å². The van der Waals surface area contributed by atoms with Crippen LogP contribution in [0.5, 0.6) is 0 Å². The molecule has 0 radical (unpaired) electrons. The van der Waals surface area contributed by atoms with E-state index in [0.717, 1.165) is 11.8 Å². The summed E-state index contributed by atoms with van der Waals surface area (Å²) in [7, 11) is -3.26. The van der Waals surface area contributed by atoms with Gasteiger partial charge in [0.05, 0.1) is 16.6 Å². The molecule has 0 aromatic heterocycles. The molecule has 0 bridgehead atoms. The van der Waals surface area contributed by atoms with E-state index in [1.54, 1.807) is 25.1 Å². The molecule has 0 aliphatic carbocycles. The fourth-order valence-electron chi connectivity index (χ4n) is 2.00. The summed E-state index contributed by atoms with van der Waals surface area (Å²) in [5.74, 6) is -0.521. The monoisotopic (exact) mass is 336 g/mol. The summed E-state index contributed by atoms with van der Waals surface area (Å²) in [5, 5.41) is 5.09. The Morgan fingerprint density at radius 3 is 2.26 bits per heavy atom. The predicted molar refractivity (Wildman–Crippen MR) is 86.5 cm³/mol. The Morgan fingerprint density at radius 2 is 1.70 bits per heavy atom. The second-order valence-corrected chi connectivity index (χ2v) is 7.16. The number of amides is 2. The Morgan fingerprint density at radius 1 is 1.09 bits per heavy atom. The van der Waals surface area contributed by atoms with Crippen molar-refractivity contribution in [3.63, 3.8) is 0 Å². The molecule has 2 aromatic carbocycles. The van der Waals surface area contributed by atoms with Gasteiger partial charge in [-0.05, 0) is 36.8 Å². The summed E-state index contributed by atoms with van der Waals surface area (Å²) in [4.78, 5) is 12.1. The number of nitrogens with one attached hydrogen (secondary N) is 2. The van der Waals surface area contributed by atoms with Crippen molar-refractivity contribution in [1.82, 2.24) is 5.32 Å². The lowest BCUT2D eigenvalue weighted by Crippen LogP contribution is -2.31. The van der Waals surface area contributed by atoms with Crippen LogP contribution in [-0.2, 0) is 9.84 Å². The minimum atomic E-state index is -3.26. The molecule has 2 amide bonds. The van der Waals surface area contributed by atoms with Gasteiger partial charge in [-0.1, -0.05) is 24.3 Å². The van der Waals surface area contributed by atoms with Crippen LogP contribution in [0.15, 0.2) is 53.4 Å². The van der Waals surface area contributed by atoms with E-state index in [1.165, 1.54) is 30.3 Å². The average Bonchev–Trinajstić information content (AvgIpc) is 2.49. The van der Waals surface area contributed by atoms with Crippen LogP contribution in [-0.4, -0.2) is 20.7 Å². The maximum absolute atomic E-state index is 13.5. The molecule has 0 fully saturated rings. The number of carbonyl (C=O) groups is 1. The molecule has 0 saturated carbocycles. The van der Waals surface area contributed by atoms with Gasteiger partial charge < -0.3 is 10.6 Å². The van der Waals surface area contributed by atoms with Crippen molar-refractivity contribution in [2.45, 2.75) is 17.9 Å². The Bertz CT molecular complexity index is 804. The van der Waals surface area contributed by atoms with Crippen molar-refractivity contribution in [2.75, 3.05) is 11.6 Å². The van der Waals surface area contributed by atoms with Gasteiger partial charge in [0.1, 0.15) is 5.82 Å². The molecule has 5 nitrogen and oxygen atoms in total. The van der Waals surface area contributed by atoms with Crippen LogP contribution in [0.3, 0.4) is 0 Å². The second-order valence-electron chi connectivity index (χ2n) is 5.14. The van der Waals surface area contributed by atoms with Crippen LogP contribution >= 0.6 is 0 Å². The smallest absolute Gasteiger partial charge is 0.319 e. The van der Waals surface area contributed by atoms with Gasteiger partial charge >= 0.3 is 6.03 Å². The molecule has 7 heteroatoms. The Balaban J connectivity index is 2.02. The van der Waals surface area contributed by atoms with E-state index < -0.39 is 21.7 Å². The lowest BCUT2D eigenvalue weighted by Gasteiger charge is -2.15. The van der Waals surface area contributed by atoms with Crippen LogP contribution in [0, 0.1) is 5.82 Å². The van der Waals surface area contributed by atoms with E-state index in [-0.39, 0.29) is 16.6 Å². The first-order valence-corrected chi connectivity index (χ1v) is 8.78. The highest BCUT2D eigenvalue weighted by molar-refractivity contribution is 7.90. The molecule has 2 rings (SSSR count). The highest BCUT2D eigenvalue weighted by Crippen LogP contribution is 2.17. The molecule has 23 heavy (non-hydrogen) atoms. The summed E-state index contributed by atoms with van der Waals surface area (Å²) in [5.41, 5.74) is 0.825. The molecule has 0 spiro atoms. The quantitative estimate of drug-likeness (QED) is 0.901. The first-order chi connectivity index (χ1) is 10.8. The van der Waals surface area contributed by atoms with Gasteiger partial charge in [0, 0.05) is 6.26 Å². The van der Waals surface area contributed by atoms with E-state index in [2.05, 4.69) is 10.6 Å². The minimum absolute atomic E-state index is 0.0876. The van der Waals surface area contributed by atoms with Crippen molar-refractivity contribution in [3.05, 3.63) is 59.9 Å². The van der Waals surface area contributed by atoms with Crippen molar-refractivity contribution in [2.24, 2.45) is 0 Å². The molecule has 1 atom stereocenters. The summed E-state index contributed by atoms with van der Waals surface area (Å²) >= 11 is 0. The van der Waals surface area contributed by atoms with Gasteiger partial charge in [0.2, 0.25) is 0 Å². The van der Waals surface area contributed by atoms with E-state index in [4.69, 9.17) is 0 Å². The third-order valence-electron chi connectivity index (χ3n) is 3.28. The number of sulfone groups is 1. The maximum atomic E-state index is 13.5. The van der Waals surface area contributed by atoms with E-state index in [9.17, 15) is 17.6 Å². The molecule has 2 N–H and O–H groups in total. The van der Waals surface area contributed by atoms with Crippen LogP contribution in [0.1, 0.15) is 18.5 Å². The predicted octanol–water partition coefficient (Wildman–Crippen LogP) is 3.11. The Hall–Kier alpha value is -2.41. The van der Waals surface area contributed by atoms with Gasteiger partial charge in [0.15, 0.2) is 9.84 Å². The van der Waals surface area contributed by atoms with Gasteiger partial charge in [-0.15, -0.1) is 0 Å². The highest BCUT2D eigenvalue weighted by Gasteiger charge is 2.12. The number of para-hydroxylation sites is 1. The number of hydrogen-bond acceptors (Lipinski definition) is 3. The van der Waals surface area contributed by atoms with Crippen LogP contribution in [0.2, 0.25) is 0 Å². The summed E-state index contributed by atoms with van der Waals surface area (Å²) in [6, 6.07) is 11.2. The number of benzene rings is 2. The summed E-state index contributed by atoms with van der Waals surface area (Å²) in [6.07, 6.45) is 1.13. The van der Waals surface area contributed by atoms with E-state index >= 15 is 0 Å². The largest absolute Gasteiger partial charge is 0.331 e.